The Hall–Kier alpha value is -1.35. The van der Waals surface area contributed by atoms with Crippen LogP contribution >= 0.6 is 12.4 Å². The van der Waals surface area contributed by atoms with Gasteiger partial charge in [0.05, 0.1) is 7.11 Å². The number of halogens is 1. The minimum atomic E-state index is -3.68. The zero-order valence-electron chi connectivity index (χ0n) is 15.9. The molecule has 0 aromatic heterocycles. The summed E-state index contributed by atoms with van der Waals surface area (Å²) in [7, 11) is -2.26. The van der Waals surface area contributed by atoms with E-state index in [4.69, 9.17) is 10.5 Å². The Morgan fingerprint density at radius 2 is 2.00 bits per heavy atom. The fraction of sp³-hybridized carbons (Fsp3) is 0.611. The van der Waals surface area contributed by atoms with Gasteiger partial charge in [-0.3, -0.25) is 4.79 Å². The van der Waals surface area contributed by atoms with E-state index in [1.165, 1.54) is 23.5 Å². The number of amides is 1. The van der Waals surface area contributed by atoms with Crippen molar-refractivity contribution in [2.75, 3.05) is 26.7 Å². The van der Waals surface area contributed by atoms with Gasteiger partial charge < -0.3 is 15.8 Å². The number of unbranched alkanes of at least 4 members (excludes halogenated alkanes) is 1. The molecule has 0 saturated carbocycles. The molecule has 1 atom stereocenters. The standard InChI is InChI=1S/C18H29N3O4S.ClH/c1-3-4-7-15(13-19)20-18(22)14-8-9-16(25-2)17(12-14)26(23,24)21-10-5-6-11-21;/h8-9,12,15H,3-7,10-11,13,19H2,1-2H3,(H,20,22);1H. The molecule has 0 spiro atoms. The molecule has 0 radical (unpaired) electrons. The zero-order valence-corrected chi connectivity index (χ0v) is 17.6. The predicted octanol–water partition coefficient (Wildman–Crippen LogP) is 2.15. The SMILES string of the molecule is CCCCC(CN)NC(=O)c1ccc(OC)c(S(=O)(=O)N2CCCC2)c1.Cl. The molecule has 1 fully saturated rings. The van der Waals surface area contributed by atoms with Crippen LogP contribution in [-0.2, 0) is 10.0 Å². The highest BCUT2D eigenvalue weighted by Crippen LogP contribution is 2.29. The van der Waals surface area contributed by atoms with Gasteiger partial charge in [0.25, 0.3) is 5.91 Å². The smallest absolute Gasteiger partial charge is 0.251 e. The maximum absolute atomic E-state index is 12.9. The lowest BCUT2D eigenvalue weighted by atomic mass is 10.1. The molecule has 1 aliphatic heterocycles. The first-order valence-electron chi connectivity index (χ1n) is 9.13. The molecule has 3 N–H and O–H groups in total. The maximum Gasteiger partial charge on any atom is 0.251 e. The van der Waals surface area contributed by atoms with Crippen LogP contribution in [0.1, 0.15) is 49.4 Å². The monoisotopic (exact) mass is 419 g/mol. The number of nitrogens with two attached hydrogens (primary N) is 1. The third kappa shape index (κ3) is 5.81. The van der Waals surface area contributed by atoms with E-state index in [1.807, 2.05) is 0 Å². The molecule has 1 aromatic rings. The van der Waals surface area contributed by atoms with Gasteiger partial charge >= 0.3 is 0 Å². The van der Waals surface area contributed by atoms with Gasteiger partial charge in [0, 0.05) is 31.2 Å². The number of nitrogens with zero attached hydrogens (tertiary/aromatic N) is 1. The summed E-state index contributed by atoms with van der Waals surface area (Å²) in [6, 6.07) is 4.38. The van der Waals surface area contributed by atoms with E-state index in [0.29, 0.717) is 25.2 Å². The Labute approximate surface area is 168 Å². The summed E-state index contributed by atoms with van der Waals surface area (Å²) < 4.78 is 32.5. The Balaban J connectivity index is 0.00000364. The van der Waals surface area contributed by atoms with Crippen molar-refractivity contribution in [2.24, 2.45) is 5.73 Å². The average molecular weight is 420 g/mol. The van der Waals surface area contributed by atoms with Crippen molar-refractivity contribution in [1.29, 1.82) is 0 Å². The third-order valence-corrected chi connectivity index (χ3v) is 6.55. The van der Waals surface area contributed by atoms with Crippen LogP contribution < -0.4 is 15.8 Å². The molecule has 1 aromatic carbocycles. The van der Waals surface area contributed by atoms with Gasteiger partial charge in [-0.1, -0.05) is 19.8 Å². The van der Waals surface area contributed by atoms with Crippen molar-refractivity contribution < 1.29 is 17.9 Å². The largest absolute Gasteiger partial charge is 0.495 e. The minimum Gasteiger partial charge on any atom is -0.495 e. The topological polar surface area (TPSA) is 102 Å². The highest BCUT2D eigenvalue weighted by atomic mass is 35.5. The highest BCUT2D eigenvalue weighted by Gasteiger charge is 2.30. The molecule has 27 heavy (non-hydrogen) atoms. The second kappa shape index (κ2) is 10.8. The number of methoxy groups -OCH3 is 1. The Morgan fingerprint density at radius 1 is 1.33 bits per heavy atom. The number of carbonyl (C=O) groups excluding carboxylic acids is 1. The molecule has 7 nitrogen and oxygen atoms in total. The van der Waals surface area contributed by atoms with Gasteiger partial charge in [-0.25, -0.2) is 8.42 Å². The second-order valence-electron chi connectivity index (χ2n) is 6.53. The molecular formula is C18H30ClN3O4S. The van der Waals surface area contributed by atoms with Gasteiger partial charge in [0.1, 0.15) is 10.6 Å². The predicted molar refractivity (Wildman–Crippen MR) is 108 cm³/mol. The van der Waals surface area contributed by atoms with Gasteiger partial charge in [0.2, 0.25) is 10.0 Å². The van der Waals surface area contributed by atoms with Gasteiger partial charge in [0.15, 0.2) is 0 Å². The van der Waals surface area contributed by atoms with E-state index in [-0.39, 0.29) is 35.0 Å². The lowest BCUT2D eigenvalue weighted by molar-refractivity contribution is 0.0935. The zero-order chi connectivity index (χ0) is 19.2. The summed E-state index contributed by atoms with van der Waals surface area (Å²) in [5, 5.41) is 2.89. The lowest BCUT2D eigenvalue weighted by Crippen LogP contribution is -2.40. The summed E-state index contributed by atoms with van der Waals surface area (Å²) >= 11 is 0. The fourth-order valence-electron chi connectivity index (χ4n) is 3.06. The van der Waals surface area contributed by atoms with Crippen molar-refractivity contribution in [3.8, 4) is 5.75 Å². The fourth-order valence-corrected chi connectivity index (χ4v) is 4.75. The van der Waals surface area contributed by atoms with Gasteiger partial charge in [-0.15, -0.1) is 12.4 Å². The number of sulfonamides is 1. The molecule has 0 bridgehead atoms. The number of ether oxygens (including phenoxy) is 1. The number of hydrogen-bond acceptors (Lipinski definition) is 5. The van der Waals surface area contributed by atoms with Crippen molar-refractivity contribution in [3.05, 3.63) is 23.8 Å². The van der Waals surface area contributed by atoms with E-state index < -0.39 is 10.0 Å². The Morgan fingerprint density at radius 3 is 2.56 bits per heavy atom. The first-order valence-corrected chi connectivity index (χ1v) is 10.6. The summed E-state index contributed by atoms with van der Waals surface area (Å²) in [5.74, 6) is -0.0770. The summed E-state index contributed by atoms with van der Waals surface area (Å²) in [6.45, 7) is 3.41. The van der Waals surface area contributed by atoms with E-state index in [0.717, 1.165) is 32.1 Å². The molecule has 1 heterocycles. The van der Waals surface area contributed by atoms with Crippen molar-refractivity contribution >= 4 is 28.3 Å². The molecule has 0 aliphatic carbocycles. The molecular weight excluding hydrogens is 390 g/mol. The number of rotatable bonds is 9. The van der Waals surface area contributed by atoms with E-state index in [9.17, 15) is 13.2 Å². The maximum atomic E-state index is 12.9. The van der Waals surface area contributed by atoms with Crippen LogP contribution in [0, 0.1) is 0 Å². The van der Waals surface area contributed by atoms with Crippen LogP contribution in [0.4, 0.5) is 0 Å². The van der Waals surface area contributed by atoms with Crippen molar-refractivity contribution in [2.45, 2.75) is 50.0 Å². The molecule has 1 saturated heterocycles. The number of hydrogen-bond donors (Lipinski definition) is 2. The molecule has 9 heteroatoms. The summed E-state index contributed by atoms with van der Waals surface area (Å²) in [5.41, 5.74) is 6.02. The first-order chi connectivity index (χ1) is 12.4. The quantitative estimate of drug-likeness (QED) is 0.638. The van der Waals surface area contributed by atoms with Crippen molar-refractivity contribution in [1.82, 2.24) is 9.62 Å². The normalized spacial score (nSPS) is 15.8. The molecule has 1 aliphatic rings. The molecule has 1 unspecified atom stereocenters. The van der Waals surface area contributed by atoms with Gasteiger partial charge in [-0.2, -0.15) is 4.31 Å². The van der Waals surface area contributed by atoms with E-state index in [1.54, 1.807) is 6.07 Å². The summed E-state index contributed by atoms with van der Waals surface area (Å²) in [4.78, 5) is 12.6. The van der Waals surface area contributed by atoms with Crippen LogP contribution in [0.15, 0.2) is 23.1 Å². The second-order valence-corrected chi connectivity index (χ2v) is 8.43. The lowest BCUT2D eigenvalue weighted by Gasteiger charge is -2.19. The van der Waals surface area contributed by atoms with Crippen LogP contribution in [0.3, 0.4) is 0 Å². The third-order valence-electron chi connectivity index (χ3n) is 4.63. The Kier molecular flexibility index (Phi) is 9.52. The average Bonchev–Trinajstić information content (AvgIpc) is 3.20. The number of carbonyl (C=O) groups is 1. The Bertz CT molecular complexity index is 721. The number of benzene rings is 1. The summed E-state index contributed by atoms with van der Waals surface area (Å²) in [6.07, 6.45) is 4.48. The minimum absolute atomic E-state index is 0. The highest BCUT2D eigenvalue weighted by molar-refractivity contribution is 7.89. The van der Waals surface area contributed by atoms with Crippen LogP contribution in [0.25, 0.3) is 0 Å². The van der Waals surface area contributed by atoms with Crippen molar-refractivity contribution in [3.63, 3.8) is 0 Å². The van der Waals surface area contributed by atoms with E-state index in [2.05, 4.69) is 12.2 Å². The first kappa shape index (κ1) is 23.7. The number of nitrogens with one attached hydrogen (secondary N) is 1. The van der Waals surface area contributed by atoms with E-state index >= 15 is 0 Å². The molecule has 2 rings (SSSR count). The van der Waals surface area contributed by atoms with Crippen LogP contribution in [0.5, 0.6) is 5.75 Å². The molecule has 1 amide bonds. The molecule has 154 valence electrons. The van der Waals surface area contributed by atoms with Gasteiger partial charge in [-0.05, 0) is 37.5 Å². The van der Waals surface area contributed by atoms with Crippen LogP contribution in [0.2, 0.25) is 0 Å². The van der Waals surface area contributed by atoms with Crippen LogP contribution in [-0.4, -0.2) is 51.4 Å².